The van der Waals surface area contributed by atoms with E-state index in [0.717, 1.165) is 3.63 Å². The summed E-state index contributed by atoms with van der Waals surface area (Å²) in [6.45, 7) is 0. The van der Waals surface area contributed by atoms with E-state index >= 15 is 0 Å². The van der Waals surface area contributed by atoms with Gasteiger partial charge in [-0.05, 0) is 0 Å². The Morgan fingerprint density at radius 2 is 1.70 bits per heavy atom. The van der Waals surface area contributed by atoms with Crippen molar-refractivity contribution in [2.75, 3.05) is 0 Å². The standard InChI is InChI=1S/C21H18P.C5H5.2ClH.Zr/c1-2-8-16-14-17(13-15(16)7-1)22-20-11-5-3-9-18(20)19-10-4-6-12-21(19)22;1-2-4-5-3-1;;;/h1-3,5,7-9,11,13-14H,4,6,10,12H2;1-3H,4H2;2*1H;/q;;;;+2/p-2. The second kappa shape index (κ2) is 9.34. The van der Waals surface area contributed by atoms with Gasteiger partial charge in [0.2, 0.25) is 0 Å². The number of rotatable bonds is 3. The molecule has 3 aliphatic carbocycles. The Morgan fingerprint density at radius 3 is 2.57 bits per heavy atom. The van der Waals surface area contributed by atoms with Crippen molar-refractivity contribution in [2.24, 2.45) is 0 Å². The summed E-state index contributed by atoms with van der Waals surface area (Å²) < 4.78 is 2.48. The molecule has 0 N–H and O–H groups in total. The van der Waals surface area contributed by atoms with Crippen molar-refractivity contribution >= 4 is 29.4 Å². The summed E-state index contributed by atoms with van der Waals surface area (Å²) in [5.41, 5.74) is 4.84. The van der Waals surface area contributed by atoms with Crippen molar-refractivity contribution in [3.8, 4) is 0 Å². The molecule has 3 aromatic rings. The SMILES string of the molecule is C1=CC[C]([Zr+2][CH]2C(p3c4c(c5ccccc53)CCCC4)=Cc3ccccc32)=C1.[Cl-].[Cl-]. The Morgan fingerprint density at radius 1 is 0.900 bits per heavy atom. The van der Waals surface area contributed by atoms with Crippen LogP contribution in [0, 0.1) is 0 Å². The fourth-order valence-corrected chi connectivity index (χ4v) is 13.2. The fraction of sp³-hybridized carbons (Fsp3) is 0.231. The minimum absolute atomic E-state index is 0. The molecular weight excluding hydrogens is 505 g/mol. The summed E-state index contributed by atoms with van der Waals surface area (Å²) in [7, 11) is -0.290. The van der Waals surface area contributed by atoms with Gasteiger partial charge in [0.25, 0.3) is 0 Å². The van der Waals surface area contributed by atoms with E-state index < -0.39 is 23.2 Å². The van der Waals surface area contributed by atoms with E-state index in [9.17, 15) is 0 Å². The topological polar surface area (TPSA) is 0 Å². The average molecular weight is 529 g/mol. The zero-order chi connectivity index (χ0) is 18.5. The molecule has 0 amide bonds. The Hall–Kier alpha value is -0.837. The molecule has 6 rings (SSSR count). The first-order chi connectivity index (χ1) is 13.9. The number of hydrogen-bond donors (Lipinski definition) is 0. The van der Waals surface area contributed by atoms with Crippen molar-refractivity contribution < 1.29 is 48.0 Å². The van der Waals surface area contributed by atoms with E-state index in [1.807, 2.05) is 5.30 Å². The van der Waals surface area contributed by atoms with Crippen molar-refractivity contribution in [3.05, 3.63) is 92.0 Å². The molecule has 0 bridgehead atoms. The Balaban J connectivity index is 0.00000109. The summed E-state index contributed by atoms with van der Waals surface area (Å²) in [5.74, 6) is 0. The normalized spacial score (nSPS) is 19.2. The van der Waals surface area contributed by atoms with Crippen LogP contribution in [0.5, 0.6) is 0 Å². The van der Waals surface area contributed by atoms with E-state index in [1.165, 1.54) is 37.7 Å². The van der Waals surface area contributed by atoms with Crippen LogP contribution in [0.15, 0.2) is 70.0 Å². The van der Waals surface area contributed by atoms with Crippen LogP contribution in [0.25, 0.3) is 21.9 Å². The third-order valence-corrected chi connectivity index (χ3v) is 13.9. The molecule has 1 aromatic heterocycles. The Labute approximate surface area is 204 Å². The molecule has 0 aliphatic heterocycles. The number of allylic oxidation sites excluding steroid dienone is 5. The molecule has 0 nitrogen and oxygen atoms in total. The molecule has 0 fully saturated rings. The summed E-state index contributed by atoms with van der Waals surface area (Å²) >= 11 is -0.677. The molecule has 0 saturated carbocycles. The number of hydrogen-bond acceptors (Lipinski definition) is 0. The van der Waals surface area contributed by atoms with Gasteiger partial charge in [-0.3, -0.25) is 0 Å². The predicted octanol–water partition coefficient (Wildman–Crippen LogP) is 1.69. The molecule has 4 heteroatoms. The van der Waals surface area contributed by atoms with Gasteiger partial charge in [-0.1, -0.05) is 0 Å². The maximum Gasteiger partial charge on any atom is -1.00 e. The minimum Gasteiger partial charge on any atom is -1.00 e. The van der Waals surface area contributed by atoms with Gasteiger partial charge >= 0.3 is 180 Å². The molecule has 2 unspecified atom stereocenters. The number of aryl methyl sites for hydroxylation is 1. The van der Waals surface area contributed by atoms with Gasteiger partial charge in [0, 0.05) is 0 Å². The third kappa shape index (κ3) is 3.67. The molecule has 3 aliphatic rings. The van der Waals surface area contributed by atoms with E-state index in [2.05, 4.69) is 72.8 Å². The fourth-order valence-electron chi connectivity index (χ4n) is 5.18. The maximum atomic E-state index is 2.61. The first kappa shape index (κ1) is 22.4. The molecule has 150 valence electrons. The van der Waals surface area contributed by atoms with Crippen LogP contribution in [-0.4, -0.2) is 0 Å². The van der Waals surface area contributed by atoms with Gasteiger partial charge in [-0.25, -0.2) is 0 Å². The van der Waals surface area contributed by atoms with Crippen LogP contribution in [0.2, 0.25) is 0 Å². The van der Waals surface area contributed by atoms with Crippen LogP contribution in [0.4, 0.5) is 0 Å². The predicted molar refractivity (Wildman–Crippen MR) is 118 cm³/mol. The van der Waals surface area contributed by atoms with Crippen LogP contribution in [0.3, 0.4) is 0 Å². The monoisotopic (exact) mass is 526 g/mol. The number of fused-ring (bicyclic) bond motifs is 4. The number of halogens is 2. The first-order valence-electron chi connectivity index (χ1n) is 10.4. The van der Waals surface area contributed by atoms with Gasteiger partial charge in [0.05, 0.1) is 0 Å². The third-order valence-electron chi connectivity index (χ3n) is 6.44. The molecule has 2 aromatic carbocycles. The van der Waals surface area contributed by atoms with E-state index in [0.29, 0.717) is 0 Å². The maximum absolute atomic E-state index is 2.61. The van der Waals surface area contributed by atoms with E-state index in [-0.39, 0.29) is 32.3 Å². The summed E-state index contributed by atoms with van der Waals surface area (Å²) in [6, 6.07) is 18.6. The van der Waals surface area contributed by atoms with Crippen molar-refractivity contribution in [2.45, 2.75) is 35.7 Å². The van der Waals surface area contributed by atoms with Crippen molar-refractivity contribution in [3.63, 3.8) is 0 Å². The summed E-state index contributed by atoms with van der Waals surface area (Å²) in [4.78, 5) is 0. The molecule has 0 spiro atoms. The van der Waals surface area contributed by atoms with Crippen molar-refractivity contribution in [1.29, 1.82) is 0 Å². The summed E-state index contributed by atoms with van der Waals surface area (Å²) in [6.07, 6.45) is 16.2. The van der Waals surface area contributed by atoms with Crippen LogP contribution in [0.1, 0.15) is 44.9 Å². The van der Waals surface area contributed by atoms with Gasteiger partial charge < -0.3 is 24.8 Å². The van der Waals surface area contributed by atoms with Gasteiger partial charge in [-0.2, -0.15) is 0 Å². The molecule has 0 radical (unpaired) electrons. The molecule has 2 atom stereocenters. The molecule has 1 heterocycles. The Kier molecular flexibility index (Phi) is 6.96. The van der Waals surface area contributed by atoms with Crippen LogP contribution >= 0.6 is 7.53 Å². The number of benzene rings is 2. The molecule has 30 heavy (non-hydrogen) atoms. The van der Waals surface area contributed by atoms with Gasteiger partial charge in [0.15, 0.2) is 0 Å². The average Bonchev–Trinajstić information content (AvgIpc) is 3.45. The second-order valence-electron chi connectivity index (χ2n) is 8.08. The summed E-state index contributed by atoms with van der Waals surface area (Å²) in [5, 5.41) is 6.86. The van der Waals surface area contributed by atoms with Crippen molar-refractivity contribution in [1.82, 2.24) is 0 Å². The molecular formula is C26H23Cl2PZr. The Bertz CT molecular complexity index is 1180. The van der Waals surface area contributed by atoms with Crippen LogP contribution in [-0.2, 0) is 36.1 Å². The zero-order valence-corrected chi connectivity index (χ0v) is 21.6. The first-order valence-corrected chi connectivity index (χ1v) is 14.4. The van der Waals surface area contributed by atoms with Gasteiger partial charge in [0.1, 0.15) is 0 Å². The quantitative estimate of drug-likeness (QED) is 0.486. The minimum atomic E-state index is -0.677. The zero-order valence-electron chi connectivity index (χ0n) is 16.7. The van der Waals surface area contributed by atoms with Crippen LogP contribution < -0.4 is 24.8 Å². The second-order valence-corrected chi connectivity index (χ2v) is 14.0. The van der Waals surface area contributed by atoms with E-state index in [1.54, 1.807) is 30.2 Å². The van der Waals surface area contributed by atoms with E-state index in [4.69, 9.17) is 0 Å². The van der Waals surface area contributed by atoms with Gasteiger partial charge in [-0.15, -0.1) is 0 Å². The molecule has 0 saturated heterocycles. The smallest absolute Gasteiger partial charge is 1.00 e. The largest absolute Gasteiger partial charge is 1.00 e.